The first-order chi connectivity index (χ1) is 6.97. The quantitative estimate of drug-likeness (QED) is 0.842. The van der Waals surface area contributed by atoms with Crippen molar-refractivity contribution in [1.29, 1.82) is 5.26 Å². The summed E-state index contributed by atoms with van der Waals surface area (Å²) in [5.74, 6) is 0. The summed E-state index contributed by atoms with van der Waals surface area (Å²) in [6, 6.07) is 4.23. The van der Waals surface area contributed by atoms with Gasteiger partial charge >= 0.3 is 0 Å². The standard InChI is InChI=1S/C10H8BrF2NO/c1-5-2-6(8(15)4-14)3-7(9(5)11)10(12)13/h2-3,8,10,15H,1H3. The second-order valence-electron chi connectivity index (χ2n) is 3.07. The lowest BCUT2D eigenvalue weighted by molar-refractivity contribution is 0.150. The Labute approximate surface area is 94.3 Å². The Morgan fingerprint density at radius 1 is 1.47 bits per heavy atom. The van der Waals surface area contributed by atoms with E-state index in [-0.39, 0.29) is 11.1 Å². The highest BCUT2D eigenvalue weighted by molar-refractivity contribution is 9.10. The van der Waals surface area contributed by atoms with E-state index in [0.29, 0.717) is 10.0 Å². The first-order valence-corrected chi connectivity index (χ1v) is 4.92. The normalized spacial score (nSPS) is 12.6. The summed E-state index contributed by atoms with van der Waals surface area (Å²) in [7, 11) is 0. The van der Waals surface area contributed by atoms with Crippen molar-refractivity contribution < 1.29 is 13.9 Å². The third-order valence-corrected chi connectivity index (χ3v) is 3.06. The Kier molecular flexibility index (Phi) is 3.77. The lowest BCUT2D eigenvalue weighted by Crippen LogP contribution is -1.98. The van der Waals surface area contributed by atoms with Crippen LogP contribution >= 0.6 is 15.9 Å². The molecular weight excluding hydrogens is 268 g/mol. The van der Waals surface area contributed by atoms with Crippen molar-refractivity contribution in [3.8, 4) is 6.07 Å². The number of halogens is 3. The molecule has 1 aromatic rings. The molecule has 0 radical (unpaired) electrons. The maximum absolute atomic E-state index is 12.6. The molecule has 0 fully saturated rings. The van der Waals surface area contributed by atoms with E-state index < -0.39 is 12.5 Å². The van der Waals surface area contributed by atoms with Gasteiger partial charge in [-0.2, -0.15) is 5.26 Å². The molecule has 0 saturated carbocycles. The van der Waals surface area contributed by atoms with Gasteiger partial charge in [-0.1, -0.05) is 22.0 Å². The van der Waals surface area contributed by atoms with Crippen LogP contribution in [0.2, 0.25) is 0 Å². The van der Waals surface area contributed by atoms with Gasteiger partial charge in [-0.05, 0) is 24.1 Å². The first kappa shape index (κ1) is 12.1. The average molecular weight is 276 g/mol. The van der Waals surface area contributed by atoms with E-state index in [1.807, 2.05) is 0 Å². The van der Waals surface area contributed by atoms with Crippen molar-refractivity contribution in [2.45, 2.75) is 19.5 Å². The minimum absolute atomic E-state index is 0.188. The molecule has 1 N–H and O–H groups in total. The summed E-state index contributed by atoms with van der Waals surface area (Å²) in [5.41, 5.74) is 0.546. The number of nitriles is 1. The Morgan fingerprint density at radius 2 is 2.07 bits per heavy atom. The largest absolute Gasteiger partial charge is 0.374 e. The monoisotopic (exact) mass is 275 g/mol. The fourth-order valence-electron chi connectivity index (χ4n) is 1.22. The van der Waals surface area contributed by atoms with Crippen LogP contribution in [0.1, 0.15) is 29.2 Å². The van der Waals surface area contributed by atoms with Crippen molar-refractivity contribution in [3.63, 3.8) is 0 Å². The van der Waals surface area contributed by atoms with Crippen LogP contribution in [0.25, 0.3) is 0 Å². The second kappa shape index (κ2) is 4.69. The van der Waals surface area contributed by atoms with E-state index in [4.69, 9.17) is 5.26 Å². The van der Waals surface area contributed by atoms with E-state index in [0.717, 1.165) is 6.07 Å². The summed E-state index contributed by atoms with van der Waals surface area (Å²) in [5, 5.41) is 17.7. The minimum Gasteiger partial charge on any atom is -0.374 e. The van der Waals surface area contributed by atoms with Gasteiger partial charge in [-0.15, -0.1) is 0 Å². The summed E-state index contributed by atoms with van der Waals surface area (Å²) in [6.07, 6.45) is -4.00. The molecule has 80 valence electrons. The zero-order valence-corrected chi connectivity index (χ0v) is 9.42. The molecule has 0 amide bonds. The van der Waals surface area contributed by atoms with Gasteiger partial charge in [-0.3, -0.25) is 0 Å². The number of nitrogens with zero attached hydrogens (tertiary/aromatic N) is 1. The smallest absolute Gasteiger partial charge is 0.264 e. The number of aliphatic hydroxyl groups is 1. The first-order valence-electron chi connectivity index (χ1n) is 4.13. The molecule has 1 unspecified atom stereocenters. The van der Waals surface area contributed by atoms with E-state index in [2.05, 4.69) is 15.9 Å². The van der Waals surface area contributed by atoms with Crippen LogP contribution in [0.5, 0.6) is 0 Å². The van der Waals surface area contributed by atoms with E-state index in [1.165, 1.54) is 6.07 Å². The van der Waals surface area contributed by atoms with E-state index >= 15 is 0 Å². The van der Waals surface area contributed by atoms with Gasteiger partial charge in [0.1, 0.15) is 0 Å². The molecule has 5 heteroatoms. The maximum atomic E-state index is 12.6. The van der Waals surface area contributed by atoms with Gasteiger partial charge in [0.05, 0.1) is 6.07 Å². The van der Waals surface area contributed by atoms with Crippen LogP contribution in [0.3, 0.4) is 0 Å². The van der Waals surface area contributed by atoms with Crippen molar-refractivity contribution in [3.05, 3.63) is 33.3 Å². The van der Waals surface area contributed by atoms with Gasteiger partial charge in [0.2, 0.25) is 0 Å². The van der Waals surface area contributed by atoms with Gasteiger partial charge in [0, 0.05) is 10.0 Å². The Morgan fingerprint density at radius 3 is 2.53 bits per heavy atom. The topological polar surface area (TPSA) is 44.0 Å². The molecule has 1 rings (SSSR count). The molecule has 0 aliphatic heterocycles. The minimum atomic E-state index is -2.64. The highest BCUT2D eigenvalue weighted by atomic mass is 79.9. The number of hydrogen-bond acceptors (Lipinski definition) is 2. The van der Waals surface area contributed by atoms with Gasteiger partial charge in [0.25, 0.3) is 6.43 Å². The zero-order valence-electron chi connectivity index (χ0n) is 7.84. The molecule has 0 saturated heterocycles. The van der Waals surface area contributed by atoms with Gasteiger partial charge in [0.15, 0.2) is 6.10 Å². The van der Waals surface area contributed by atoms with Crippen LogP contribution in [-0.4, -0.2) is 5.11 Å². The van der Waals surface area contributed by atoms with Crippen LogP contribution in [0.4, 0.5) is 8.78 Å². The number of alkyl halides is 2. The zero-order chi connectivity index (χ0) is 11.6. The van der Waals surface area contributed by atoms with Crippen molar-refractivity contribution in [2.24, 2.45) is 0 Å². The number of aryl methyl sites for hydroxylation is 1. The maximum Gasteiger partial charge on any atom is 0.264 e. The second-order valence-corrected chi connectivity index (χ2v) is 3.87. The SMILES string of the molecule is Cc1cc(C(O)C#N)cc(C(F)F)c1Br. The van der Waals surface area contributed by atoms with Gasteiger partial charge < -0.3 is 5.11 Å². The molecule has 2 nitrogen and oxygen atoms in total. The molecule has 1 aromatic carbocycles. The molecule has 0 spiro atoms. The predicted octanol–water partition coefficient (Wildman–Crippen LogP) is 3.25. The average Bonchev–Trinajstić information content (AvgIpc) is 2.20. The molecule has 0 bridgehead atoms. The number of rotatable bonds is 2. The van der Waals surface area contributed by atoms with E-state index in [1.54, 1.807) is 13.0 Å². The lowest BCUT2D eigenvalue weighted by atomic mass is 10.0. The molecule has 0 heterocycles. The van der Waals surface area contributed by atoms with Gasteiger partial charge in [-0.25, -0.2) is 8.78 Å². The summed E-state index contributed by atoms with van der Waals surface area (Å²) in [6.45, 7) is 1.63. The van der Waals surface area contributed by atoms with Crippen LogP contribution < -0.4 is 0 Å². The van der Waals surface area contributed by atoms with Crippen molar-refractivity contribution >= 4 is 15.9 Å². The fourth-order valence-corrected chi connectivity index (χ4v) is 1.62. The highest BCUT2D eigenvalue weighted by Gasteiger charge is 2.17. The highest BCUT2D eigenvalue weighted by Crippen LogP contribution is 2.32. The Hall–Kier alpha value is -0.990. The Balaban J connectivity index is 3.31. The van der Waals surface area contributed by atoms with Crippen LogP contribution in [0, 0.1) is 18.3 Å². The summed E-state index contributed by atoms with van der Waals surface area (Å²) < 4.78 is 25.4. The van der Waals surface area contributed by atoms with Crippen LogP contribution in [-0.2, 0) is 0 Å². The van der Waals surface area contributed by atoms with Crippen LogP contribution in [0.15, 0.2) is 16.6 Å². The summed E-state index contributed by atoms with van der Waals surface area (Å²) >= 11 is 3.04. The number of hydrogen-bond donors (Lipinski definition) is 1. The Bertz CT molecular complexity index is 415. The third kappa shape index (κ3) is 2.52. The van der Waals surface area contributed by atoms with E-state index in [9.17, 15) is 13.9 Å². The molecule has 0 aliphatic rings. The van der Waals surface area contributed by atoms with Crippen molar-refractivity contribution in [2.75, 3.05) is 0 Å². The van der Waals surface area contributed by atoms with Crippen molar-refractivity contribution in [1.82, 2.24) is 0 Å². The molecular formula is C10H8BrF2NO. The molecule has 1 atom stereocenters. The fraction of sp³-hybridized carbons (Fsp3) is 0.300. The number of benzene rings is 1. The molecule has 0 aliphatic carbocycles. The molecule has 15 heavy (non-hydrogen) atoms. The number of aliphatic hydroxyl groups excluding tert-OH is 1. The third-order valence-electron chi connectivity index (χ3n) is 1.98. The predicted molar refractivity (Wildman–Crippen MR) is 54.4 cm³/mol. The molecule has 0 aromatic heterocycles. The lowest BCUT2D eigenvalue weighted by Gasteiger charge is -2.10. The summed E-state index contributed by atoms with van der Waals surface area (Å²) in [4.78, 5) is 0.